The molecule has 2 fully saturated rings. The molecule has 2 heterocycles. The zero-order chi connectivity index (χ0) is 17.3. The molecule has 8 nitrogen and oxygen atoms in total. The highest BCUT2D eigenvalue weighted by Crippen LogP contribution is 2.34. The monoisotopic (exact) mass is 334 g/mol. The quantitative estimate of drug-likeness (QED) is 0.395. The number of rotatable bonds is 4. The van der Waals surface area contributed by atoms with Gasteiger partial charge in [0.05, 0.1) is 11.8 Å². The van der Waals surface area contributed by atoms with Crippen molar-refractivity contribution in [1.82, 2.24) is 9.80 Å². The number of ether oxygens (including phenoxy) is 1. The average Bonchev–Trinajstić information content (AvgIpc) is 3.11. The van der Waals surface area contributed by atoms with E-state index in [9.17, 15) is 24.0 Å². The first-order valence-electron chi connectivity index (χ1n) is 7.98. The van der Waals surface area contributed by atoms with E-state index in [0.29, 0.717) is 32.2 Å². The Bertz CT molecular complexity index is 614. The van der Waals surface area contributed by atoms with Gasteiger partial charge in [0.15, 0.2) is 6.61 Å². The van der Waals surface area contributed by atoms with Gasteiger partial charge in [0, 0.05) is 13.0 Å². The van der Waals surface area contributed by atoms with Crippen LogP contribution in [0.4, 0.5) is 0 Å². The number of esters is 1. The predicted octanol–water partition coefficient (Wildman–Crippen LogP) is -0.370. The maximum atomic E-state index is 12.2. The second-order valence-electron chi connectivity index (χ2n) is 6.12. The summed E-state index contributed by atoms with van der Waals surface area (Å²) >= 11 is 0. The fourth-order valence-corrected chi connectivity index (χ4v) is 3.33. The Morgan fingerprint density at radius 2 is 1.71 bits per heavy atom. The van der Waals surface area contributed by atoms with Crippen molar-refractivity contribution in [2.75, 3.05) is 19.7 Å². The van der Waals surface area contributed by atoms with E-state index in [2.05, 4.69) is 0 Å². The number of likely N-dealkylation sites (tertiary alicyclic amines) is 2. The van der Waals surface area contributed by atoms with Gasteiger partial charge in [-0.05, 0) is 19.3 Å². The van der Waals surface area contributed by atoms with Gasteiger partial charge >= 0.3 is 5.97 Å². The number of amides is 4. The third-order valence-corrected chi connectivity index (χ3v) is 4.62. The van der Waals surface area contributed by atoms with Crippen LogP contribution in [-0.2, 0) is 28.7 Å². The van der Waals surface area contributed by atoms with Crippen LogP contribution in [0, 0.1) is 11.8 Å². The minimum atomic E-state index is -0.830. The smallest absolute Gasteiger partial charge is 0.326 e. The number of carbonyl (C=O) groups is 5. The molecule has 8 heteroatoms. The van der Waals surface area contributed by atoms with Gasteiger partial charge in [-0.15, -0.1) is 0 Å². The van der Waals surface area contributed by atoms with E-state index in [1.165, 1.54) is 0 Å². The molecule has 2 atom stereocenters. The number of hydrogen-bond donors (Lipinski definition) is 0. The van der Waals surface area contributed by atoms with Crippen molar-refractivity contribution in [2.24, 2.45) is 11.8 Å². The summed E-state index contributed by atoms with van der Waals surface area (Å²) < 4.78 is 4.83. The lowest BCUT2D eigenvalue weighted by molar-refractivity contribution is -0.157. The van der Waals surface area contributed by atoms with Crippen molar-refractivity contribution in [3.05, 3.63) is 12.2 Å². The lowest BCUT2D eigenvalue weighted by atomic mass is 9.85. The van der Waals surface area contributed by atoms with Crippen LogP contribution >= 0.6 is 0 Å². The van der Waals surface area contributed by atoms with Crippen molar-refractivity contribution < 1.29 is 28.7 Å². The third-order valence-electron chi connectivity index (χ3n) is 4.62. The van der Waals surface area contributed by atoms with Crippen LogP contribution in [0.2, 0.25) is 0 Å². The number of allylic oxidation sites excluding steroid dienone is 2. The van der Waals surface area contributed by atoms with Gasteiger partial charge in [0.2, 0.25) is 17.7 Å². The Hall–Kier alpha value is -2.51. The molecule has 0 bridgehead atoms. The summed E-state index contributed by atoms with van der Waals surface area (Å²) in [6, 6.07) is 0. The number of carbonyl (C=O) groups excluding carboxylic acids is 5. The molecule has 0 aromatic rings. The average molecular weight is 334 g/mol. The highest BCUT2D eigenvalue weighted by molar-refractivity contribution is 6.07. The molecule has 0 aromatic carbocycles. The van der Waals surface area contributed by atoms with E-state index in [-0.39, 0.29) is 17.7 Å². The van der Waals surface area contributed by atoms with E-state index in [0.717, 1.165) is 9.80 Å². The lowest BCUT2D eigenvalue weighted by Crippen LogP contribution is -2.39. The number of imide groups is 2. The van der Waals surface area contributed by atoms with E-state index >= 15 is 0 Å². The van der Waals surface area contributed by atoms with Crippen molar-refractivity contribution in [3.63, 3.8) is 0 Å². The molecule has 3 rings (SSSR count). The summed E-state index contributed by atoms with van der Waals surface area (Å²) in [5.74, 6) is -3.23. The summed E-state index contributed by atoms with van der Waals surface area (Å²) in [5, 5.41) is 0. The fourth-order valence-electron chi connectivity index (χ4n) is 3.33. The van der Waals surface area contributed by atoms with E-state index in [1.807, 2.05) is 12.2 Å². The van der Waals surface area contributed by atoms with Gasteiger partial charge in [0.25, 0.3) is 5.91 Å². The maximum absolute atomic E-state index is 12.2. The summed E-state index contributed by atoms with van der Waals surface area (Å²) in [5.41, 5.74) is 0. The lowest BCUT2D eigenvalue weighted by Gasteiger charge is -2.16. The first-order chi connectivity index (χ1) is 11.5. The van der Waals surface area contributed by atoms with Gasteiger partial charge < -0.3 is 4.74 Å². The molecule has 3 aliphatic rings. The Balaban J connectivity index is 1.52. The topological polar surface area (TPSA) is 101 Å². The highest BCUT2D eigenvalue weighted by Gasteiger charge is 2.47. The zero-order valence-corrected chi connectivity index (χ0v) is 13.1. The van der Waals surface area contributed by atoms with Crippen LogP contribution < -0.4 is 0 Å². The van der Waals surface area contributed by atoms with Gasteiger partial charge in [-0.2, -0.15) is 0 Å². The Labute approximate surface area is 138 Å². The van der Waals surface area contributed by atoms with Crippen molar-refractivity contribution in [3.8, 4) is 0 Å². The molecule has 2 saturated heterocycles. The molecule has 0 saturated carbocycles. The van der Waals surface area contributed by atoms with Gasteiger partial charge in [-0.3, -0.25) is 33.8 Å². The minimum absolute atomic E-state index is 0.280. The van der Waals surface area contributed by atoms with Crippen molar-refractivity contribution in [1.29, 1.82) is 0 Å². The molecular formula is C16H18N2O6. The van der Waals surface area contributed by atoms with Crippen LogP contribution in [0.5, 0.6) is 0 Å². The molecule has 0 spiro atoms. The summed E-state index contributed by atoms with van der Waals surface area (Å²) in [7, 11) is 0. The molecule has 128 valence electrons. The van der Waals surface area contributed by atoms with Crippen LogP contribution in [0.25, 0.3) is 0 Å². The highest BCUT2D eigenvalue weighted by atomic mass is 16.5. The maximum Gasteiger partial charge on any atom is 0.326 e. The fraction of sp³-hybridized carbons (Fsp3) is 0.562. The molecule has 0 N–H and O–H groups in total. The van der Waals surface area contributed by atoms with Gasteiger partial charge in [-0.1, -0.05) is 12.2 Å². The summed E-state index contributed by atoms with van der Waals surface area (Å²) in [4.78, 5) is 61.5. The molecule has 24 heavy (non-hydrogen) atoms. The molecular weight excluding hydrogens is 316 g/mol. The molecule has 0 radical (unpaired) electrons. The summed E-state index contributed by atoms with van der Waals surface area (Å²) in [6.07, 6.45) is 5.63. The number of fused-ring (bicyclic) bond motifs is 1. The van der Waals surface area contributed by atoms with E-state index in [4.69, 9.17) is 4.74 Å². The Kier molecular flexibility index (Phi) is 4.46. The van der Waals surface area contributed by atoms with E-state index in [1.54, 1.807) is 0 Å². The Morgan fingerprint density at radius 1 is 1.08 bits per heavy atom. The molecule has 1 aliphatic carbocycles. The van der Waals surface area contributed by atoms with Gasteiger partial charge in [-0.25, -0.2) is 0 Å². The van der Waals surface area contributed by atoms with Crippen molar-refractivity contribution >= 4 is 29.6 Å². The molecule has 2 aliphatic heterocycles. The number of nitrogens with zero attached hydrogens (tertiary/aromatic N) is 2. The van der Waals surface area contributed by atoms with Crippen LogP contribution in [-0.4, -0.2) is 59.1 Å². The standard InChI is InChI=1S/C16H18N2O6/c19-12-6-3-7-17(12)13(20)9-24-14(21)8-18-15(22)10-4-1-2-5-11(10)16(18)23/h1-2,10-11H,3-9H2/t10-,11-/m1/s1. The Morgan fingerprint density at radius 3 is 2.25 bits per heavy atom. The SMILES string of the molecule is O=C(CN1C(=O)[C@@H]2CC=CC[C@H]2C1=O)OCC(=O)N1CCCC1=O. The third kappa shape index (κ3) is 2.95. The first kappa shape index (κ1) is 16.4. The van der Waals surface area contributed by atoms with Gasteiger partial charge in [0.1, 0.15) is 6.54 Å². The van der Waals surface area contributed by atoms with Crippen LogP contribution in [0.15, 0.2) is 12.2 Å². The largest absolute Gasteiger partial charge is 0.454 e. The van der Waals surface area contributed by atoms with Crippen LogP contribution in [0.1, 0.15) is 25.7 Å². The second kappa shape index (κ2) is 6.54. The van der Waals surface area contributed by atoms with Crippen molar-refractivity contribution in [2.45, 2.75) is 25.7 Å². The predicted molar refractivity (Wildman–Crippen MR) is 79.0 cm³/mol. The van der Waals surface area contributed by atoms with Crippen LogP contribution in [0.3, 0.4) is 0 Å². The molecule has 0 aromatic heterocycles. The summed E-state index contributed by atoms with van der Waals surface area (Å²) in [6.45, 7) is -0.726. The molecule has 4 amide bonds. The normalized spacial score (nSPS) is 26.1. The number of hydrogen-bond acceptors (Lipinski definition) is 6. The van der Waals surface area contributed by atoms with E-state index < -0.39 is 36.9 Å². The molecule has 0 unspecified atom stereocenters. The minimum Gasteiger partial charge on any atom is -0.454 e. The zero-order valence-electron chi connectivity index (χ0n) is 13.1. The first-order valence-corrected chi connectivity index (χ1v) is 7.98. The second-order valence-corrected chi connectivity index (χ2v) is 6.12.